The summed E-state index contributed by atoms with van der Waals surface area (Å²) in [4.78, 5) is 12.6. The molecule has 0 amide bonds. The van der Waals surface area contributed by atoms with Gasteiger partial charge in [-0.3, -0.25) is 4.79 Å². The van der Waals surface area contributed by atoms with E-state index in [1.165, 1.54) is 18.2 Å². The number of hydrogen-bond donors (Lipinski definition) is 1. The number of hydrogen-bond acceptors (Lipinski definition) is 3. The second-order valence-electron chi connectivity index (χ2n) is 5.13. The molecule has 0 aliphatic rings. The van der Waals surface area contributed by atoms with E-state index < -0.39 is 22.9 Å². The molecule has 3 aromatic rings. The van der Waals surface area contributed by atoms with Crippen molar-refractivity contribution in [3.05, 3.63) is 64.0 Å². The highest BCUT2D eigenvalue weighted by Crippen LogP contribution is 2.38. The molecule has 2 aromatic carbocycles. The van der Waals surface area contributed by atoms with Crippen LogP contribution in [0.3, 0.4) is 0 Å². The first-order valence-corrected chi connectivity index (χ1v) is 6.72. The van der Waals surface area contributed by atoms with Crippen LogP contribution in [-0.2, 0) is 6.18 Å². The summed E-state index contributed by atoms with van der Waals surface area (Å²) in [6.07, 6.45) is -4.84. The minimum Gasteiger partial charge on any atom is -0.508 e. The summed E-state index contributed by atoms with van der Waals surface area (Å²) in [5.41, 5.74) is -0.909. The molecule has 118 valence electrons. The fourth-order valence-corrected chi connectivity index (χ4v) is 2.48. The lowest BCUT2D eigenvalue weighted by Crippen LogP contribution is -2.16. The molecular weight excluding hydrogens is 309 g/mol. The molecule has 0 radical (unpaired) electrons. The summed E-state index contributed by atoms with van der Waals surface area (Å²) in [7, 11) is 0. The van der Waals surface area contributed by atoms with Gasteiger partial charge in [0.1, 0.15) is 11.3 Å². The van der Waals surface area contributed by atoms with Crippen molar-refractivity contribution >= 4 is 11.0 Å². The lowest BCUT2D eigenvalue weighted by Gasteiger charge is -2.14. The summed E-state index contributed by atoms with van der Waals surface area (Å²) in [6, 6.07) is 9.77. The van der Waals surface area contributed by atoms with E-state index in [2.05, 4.69) is 0 Å². The van der Waals surface area contributed by atoms with Crippen LogP contribution < -0.4 is 5.43 Å². The molecule has 3 rings (SSSR count). The first kappa shape index (κ1) is 15.1. The van der Waals surface area contributed by atoms with Gasteiger partial charge in [-0.05, 0) is 30.2 Å². The molecule has 1 N–H and O–H groups in total. The predicted octanol–water partition coefficient (Wildman–Crippen LogP) is 4.49. The maximum Gasteiger partial charge on any atom is 0.450 e. The Hall–Kier alpha value is -2.76. The van der Waals surface area contributed by atoms with Crippen molar-refractivity contribution < 1.29 is 22.7 Å². The molecule has 0 atom stereocenters. The zero-order valence-corrected chi connectivity index (χ0v) is 11.9. The SMILES string of the molecule is Cc1ccccc1-c1c(C(F)(F)F)oc2cc(O)ccc2c1=O. The maximum atomic E-state index is 13.4. The normalized spacial score (nSPS) is 11.8. The van der Waals surface area contributed by atoms with Gasteiger partial charge in [0.25, 0.3) is 0 Å². The van der Waals surface area contributed by atoms with Crippen molar-refractivity contribution in [3.63, 3.8) is 0 Å². The maximum absolute atomic E-state index is 13.4. The summed E-state index contributed by atoms with van der Waals surface area (Å²) < 4.78 is 45.1. The van der Waals surface area contributed by atoms with E-state index in [4.69, 9.17) is 4.42 Å². The Balaban J connectivity index is 2.49. The van der Waals surface area contributed by atoms with Crippen LogP contribution in [0.15, 0.2) is 51.7 Å². The largest absolute Gasteiger partial charge is 0.508 e. The first-order chi connectivity index (χ1) is 10.8. The van der Waals surface area contributed by atoms with E-state index in [0.717, 1.165) is 6.07 Å². The number of phenolic OH excluding ortho intramolecular Hbond substituents is 1. The van der Waals surface area contributed by atoms with Crippen LogP contribution in [0.5, 0.6) is 5.75 Å². The molecule has 1 aromatic heterocycles. The molecule has 0 saturated carbocycles. The molecule has 0 bridgehead atoms. The van der Waals surface area contributed by atoms with Gasteiger partial charge in [-0.25, -0.2) is 0 Å². The summed E-state index contributed by atoms with van der Waals surface area (Å²) in [5.74, 6) is -1.65. The van der Waals surface area contributed by atoms with Gasteiger partial charge in [0, 0.05) is 6.07 Å². The van der Waals surface area contributed by atoms with Crippen molar-refractivity contribution in [1.82, 2.24) is 0 Å². The van der Waals surface area contributed by atoms with Crippen LogP contribution in [0, 0.1) is 6.92 Å². The number of halogens is 3. The van der Waals surface area contributed by atoms with Crippen LogP contribution in [0.2, 0.25) is 0 Å². The molecule has 0 spiro atoms. The number of alkyl halides is 3. The van der Waals surface area contributed by atoms with E-state index in [9.17, 15) is 23.1 Å². The van der Waals surface area contributed by atoms with Gasteiger partial charge < -0.3 is 9.52 Å². The molecule has 0 saturated heterocycles. The highest BCUT2D eigenvalue weighted by Gasteiger charge is 2.39. The third-order valence-corrected chi connectivity index (χ3v) is 3.55. The number of phenols is 1. The van der Waals surface area contributed by atoms with Gasteiger partial charge in [0.2, 0.25) is 11.2 Å². The van der Waals surface area contributed by atoms with E-state index in [-0.39, 0.29) is 22.3 Å². The predicted molar refractivity (Wildman–Crippen MR) is 79.3 cm³/mol. The number of aromatic hydroxyl groups is 1. The number of fused-ring (bicyclic) bond motifs is 1. The van der Waals surface area contributed by atoms with Gasteiger partial charge in [-0.1, -0.05) is 24.3 Å². The third-order valence-electron chi connectivity index (χ3n) is 3.55. The highest BCUT2D eigenvalue weighted by molar-refractivity contribution is 5.84. The van der Waals surface area contributed by atoms with Crippen molar-refractivity contribution in [3.8, 4) is 16.9 Å². The molecule has 6 heteroatoms. The smallest absolute Gasteiger partial charge is 0.450 e. The summed E-state index contributed by atoms with van der Waals surface area (Å²) >= 11 is 0. The van der Waals surface area contributed by atoms with Crippen molar-refractivity contribution in [2.24, 2.45) is 0 Å². The monoisotopic (exact) mass is 320 g/mol. The Labute approximate surface area is 128 Å². The van der Waals surface area contributed by atoms with Crippen molar-refractivity contribution in [1.29, 1.82) is 0 Å². The zero-order chi connectivity index (χ0) is 16.8. The second-order valence-corrected chi connectivity index (χ2v) is 5.13. The van der Waals surface area contributed by atoms with Gasteiger partial charge in [0.05, 0.1) is 10.9 Å². The summed E-state index contributed by atoms with van der Waals surface area (Å²) in [5, 5.41) is 9.38. The van der Waals surface area contributed by atoms with Crippen LogP contribution >= 0.6 is 0 Å². The molecule has 3 nitrogen and oxygen atoms in total. The Bertz CT molecular complexity index is 955. The molecule has 23 heavy (non-hydrogen) atoms. The average molecular weight is 320 g/mol. The van der Waals surface area contributed by atoms with Gasteiger partial charge in [-0.2, -0.15) is 13.2 Å². The lowest BCUT2D eigenvalue weighted by atomic mass is 9.97. The molecule has 0 aliphatic carbocycles. The topological polar surface area (TPSA) is 50.4 Å². The number of benzene rings is 2. The molecular formula is C17H11F3O3. The van der Waals surface area contributed by atoms with Crippen LogP contribution in [0.4, 0.5) is 13.2 Å². The minimum atomic E-state index is -4.84. The Morgan fingerprint density at radius 2 is 1.78 bits per heavy atom. The van der Waals surface area contributed by atoms with E-state index in [0.29, 0.717) is 5.56 Å². The Morgan fingerprint density at radius 1 is 1.09 bits per heavy atom. The average Bonchev–Trinajstić information content (AvgIpc) is 2.47. The van der Waals surface area contributed by atoms with Crippen molar-refractivity contribution in [2.75, 3.05) is 0 Å². The van der Waals surface area contributed by atoms with Crippen LogP contribution in [-0.4, -0.2) is 5.11 Å². The number of aryl methyl sites for hydroxylation is 1. The fraction of sp³-hybridized carbons (Fsp3) is 0.118. The van der Waals surface area contributed by atoms with Gasteiger partial charge in [-0.15, -0.1) is 0 Å². The summed E-state index contributed by atoms with van der Waals surface area (Å²) in [6.45, 7) is 1.62. The minimum absolute atomic E-state index is 0.0194. The Kier molecular flexibility index (Phi) is 3.39. The van der Waals surface area contributed by atoms with E-state index in [1.807, 2.05) is 0 Å². The molecule has 0 unspecified atom stereocenters. The number of rotatable bonds is 1. The highest BCUT2D eigenvalue weighted by atomic mass is 19.4. The quantitative estimate of drug-likeness (QED) is 0.718. The molecule has 1 heterocycles. The van der Waals surface area contributed by atoms with E-state index in [1.54, 1.807) is 25.1 Å². The first-order valence-electron chi connectivity index (χ1n) is 6.72. The zero-order valence-electron chi connectivity index (χ0n) is 11.9. The Morgan fingerprint density at radius 3 is 2.43 bits per heavy atom. The van der Waals surface area contributed by atoms with Crippen molar-refractivity contribution in [2.45, 2.75) is 13.1 Å². The standard InChI is InChI=1S/C17H11F3O3/c1-9-4-2-3-5-11(9)14-15(22)12-7-6-10(21)8-13(12)23-16(14)17(18,19)20/h2-8,21H,1H3. The second kappa shape index (κ2) is 5.15. The third kappa shape index (κ3) is 2.56. The van der Waals surface area contributed by atoms with Crippen LogP contribution in [0.25, 0.3) is 22.1 Å². The molecule has 0 fully saturated rings. The fourth-order valence-electron chi connectivity index (χ4n) is 2.48. The van der Waals surface area contributed by atoms with Crippen LogP contribution in [0.1, 0.15) is 11.3 Å². The lowest BCUT2D eigenvalue weighted by molar-refractivity contribution is -0.152. The van der Waals surface area contributed by atoms with Gasteiger partial charge in [0.15, 0.2) is 0 Å². The van der Waals surface area contributed by atoms with E-state index >= 15 is 0 Å². The van der Waals surface area contributed by atoms with Gasteiger partial charge >= 0.3 is 6.18 Å². The molecule has 0 aliphatic heterocycles.